The van der Waals surface area contributed by atoms with Crippen molar-refractivity contribution in [1.29, 1.82) is 0 Å². The SMILES string of the molecule is COc1ccccc1NS(=O)(=O)c1ccc(N2CCCC2)cc1. The molecule has 1 heterocycles. The topological polar surface area (TPSA) is 58.6 Å². The standard InChI is InChI=1S/C17H20N2O3S/c1-22-17-7-3-2-6-16(17)18-23(20,21)15-10-8-14(9-11-15)19-12-4-5-13-19/h2-3,6-11,18H,4-5,12-13H2,1H3. The number of nitrogens with one attached hydrogen (secondary N) is 1. The van der Waals surface area contributed by atoms with E-state index in [2.05, 4.69) is 9.62 Å². The van der Waals surface area contributed by atoms with Crippen LogP contribution in [0.5, 0.6) is 5.75 Å². The normalized spacial score (nSPS) is 14.7. The molecule has 0 aromatic heterocycles. The van der Waals surface area contributed by atoms with Crippen molar-refractivity contribution >= 4 is 21.4 Å². The molecule has 0 spiro atoms. The summed E-state index contributed by atoms with van der Waals surface area (Å²) in [6.45, 7) is 2.07. The highest BCUT2D eigenvalue weighted by molar-refractivity contribution is 7.92. The third-order valence-electron chi connectivity index (χ3n) is 3.97. The van der Waals surface area contributed by atoms with Crippen LogP contribution < -0.4 is 14.4 Å². The summed E-state index contributed by atoms with van der Waals surface area (Å²) in [6, 6.07) is 14.0. The minimum atomic E-state index is -3.63. The average molecular weight is 332 g/mol. The van der Waals surface area contributed by atoms with Crippen LogP contribution in [0, 0.1) is 0 Å². The third-order valence-corrected chi connectivity index (χ3v) is 5.35. The lowest BCUT2D eigenvalue weighted by molar-refractivity contribution is 0.417. The molecule has 6 heteroatoms. The molecule has 0 atom stereocenters. The molecule has 0 radical (unpaired) electrons. The van der Waals surface area contributed by atoms with Crippen LogP contribution in [0.3, 0.4) is 0 Å². The van der Waals surface area contributed by atoms with E-state index in [0.717, 1.165) is 18.8 Å². The molecular weight excluding hydrogens is 312 g/mol. The Hall–Kier alpha value is -2.21. The van der Waals surface area contributed by atoms with Crippen LogP contribution >= 0.6 is 0 Å². The first kappa shape index (κ1) is 15.7. The van der Waals surface area contributed by atoms with E-state index in [1.807, 2.05) is 12.1 Å². The highest BCUT2D eigenvalue weighted by Crippen LogP contribution is 2.27. The van der Waals surface area contributed by atoms with Crippen molar-refractivity contribution < 1.29 is 13.2 Å². The summed E-state index contributed by atoms with van der Waals surface area (Å²) in [7, 11) is -2.12. The van der Waals surface area contributed by atoms with Gasteiger partial charge in [0, 0.05) is 18.8 Å². The summed E-state index contributed by atoms with van der Waals surface area (Å²) >= 11 is 0. The predicted octanol–water partition coefficient (Wildman–Crippen LogP) is 3.10. The van der Waals surface area contributed by atoms with Crippen molar-refractivity contribution in [2.24, 2.45) is 0 Å². The quantitative estimate of drug-likeness (QED) is 0.914. The molecule has 23 heavy (non-hydrogen) atoms. The van der Waals surface area contributed by atoms with Crippen LogP contribution in [-0.4, -0.2) is 28.6 Å². The van der Waals surface area contributed by atoms with E-state index in [1.165, 1.54) is 20.0 Å². The van der Waals surface area contributed by atoms with Gasteiger partial charge >= 0.3 is 0 Å². The first-order chi connectivity index (χ1) is 11.1. The lowest BCUT2D eigenvalue weighted by Gasteiger charge is -2.18. The maximum atomic E-state index is 12.5. The van der Waals surface area contributed by atoms with Crippen molar-refractivity contribution in [2.75, 3.05) is 29.8 Å². The Balaban J connectivity index is 1.82. The molecule has 0 amide bonds. The molecule has 0 saturated carbocycles. The summed E-state index contributed by atoms with van der Waals surface area (Å²) in [4.78, 5) is 2.51. The highest BCUT2D eigenvalue weighted by Gasteiger charge is 2.18. The molecule has 122 valence electrons. The molecular formula is C17H20N2O3S. The van der Waals surface area contributed by atoms with E-state index in [0.29, 0.717) is 11.4 Å². The van der Waals surface area contributed by atoms with Gasteiger partial charge in [-0.3, -0.25) is 4.72 Å². The predicted molar refractivity (Wildman–Crippen MR) is 91.7 cm³/mol. The highest BCUT2D eigenvalue weighted by atomic mass is 32.2. The number of sulfonamides is 1. The molecule has 2 aromatic carbocycles. The number of para-hydroxylation sites is 2. The van der Waals surface area contributed by atoms with Gasteiger partial charge in [-0.1, -0.05) is 12.1 Å². The molecule has 0 unspecified atom stereocenters. The fourth-order valence-electron chi connectivity index (χ4n) is 2.74. The smallest absolute Gasteiger partial charge is 0.262 e. The fraction of sp³-hybridized carbons (Fsp3) is 0.294. The van der Waals surface area contributed by atoms with E-state index in [9.17, 15) is 8.42 Å². The molecule has 1 N–H and O–H groups in total. The summed E-state index contributed by atoms with van der Waals surface area (Å²) in [5, 5.41) is 0. The number of hydrogen-bond acceptors (Lipinski definition) is 4. The van der Waals surface area contributed by atoms with Crippen LogP contribution in [0.15, 0.2) is 53.4 Å². The molecule has 1 aliphatic heterocycles. The Kier molecular flexibility index (Phi) is 4.43. The Labute approximate surface area is 136 Å². The number of anilines is 2. The minimum Gasteiger partial charge on any atom is -0.495 e. The van der Waals surface area contributed by atoms with Gasteiger partial charge in [-0.05, 0) is 49.2 Å². The van der Waals surface area contributed by atoms with E-state index >= 15 is 0 Å². The summed E-state index contributed by atoms with van der Waals surface area (Å²) in [5.41, 5.74) is 1.50. The van der Waals surface area contributed by atoms with Gasteiger partial charge in [-0.25, -0.2) is 8.42 Å². The van der Waals surface area contributed by atoms with Crippen molar-refractivity contribution in [3.8, 4) is 5.75 Å². The first-order valence-electron chi connectivity index (χ1n) is 7.61. The maximum absolute atomic E-state index is 12.5. The zero-order valence-electron chi connectivity index (χ0n) is 13.0. The fourth-order valence-corrected chi connectivity index (χ4v) is 3.81. The van der Waals surface area contributed by atoms with Crippen molar-refractivity contribution in [3.63, 3.8) is 0 Å². The van der Waals surface area contributed by atoms with Gasteiger partial charge in [0.05, 0.1) is 17.7 Å². The van der Waals surface area contributed by atoms with Gasteiger partial charge in [-0.2, -0.15) is 0 Å². The second-order valence-corrected chi connectivity index (χ2v) is 7.18. The zero-order valence-corrected chi connectivity index (χ0v) is 13.8. The van der Waals surface area contributed by atoms with Crippen LogP contribution in [0.4, 0.5) is 11.4 Å². The monoisotopic (exact) mass is 332 g/mol. The maximum Gasteiger partial charge on any atom is 0.262 e. The third kappa shape index (κ3) is 3.42. The second-order valence-electron chi connectivity index (χ2n) is 5.49. The average Bonchev–Trinajstić information content (AvgIpc) is 3.10. The van der Waals surface area contributed by atoms with Gasteiger partial charge in [-0.15, -0.1) is 0 Å². The van der Waals surface area contributed by atoms with E-state index in [-0.39, 0.29) is 4.90 Å². The molecule has 5 nitrogen and oxygen atoms in total. The number of hydrogen-bond donors (Lipinski definition) is 1. The lowest BCUT2D eigenvalue weighted by atomic mass is 10.3. The van der Waals surface area contributed by atoms with Gasteiger partial charge in [0.15, 0.2) is 0 Å². The van der Waals surface area contributed by atoms with Gasteiger partial charge in [0.1, 0.15) is 5.75 Å². The van der Waals surface area contributed by atoms with Crippen molar-refractivity contribution in [3.05, 3.63) is 48.5 Å². The Bertz CT molecular complexity index is 767. The first-order valence-corrected chi connectivity index (χ1v) is 9.09. The minimum absolute atomic E-state index is 0.242. The van der Waals surface area contributed by atoms with E-state index < -0.39 is 10.0 Å². The second kappa shape index (κ2) is 6.50. The number of methoxy groups -OCH3 is 1. The van der Waals surface area contributed by atoms with Gasteiger partial charge < -0.3 is 9.64 Å². The van der Waals surface area contributed by atoms with Crippen LogP contribution in [-0.2, 0) is 10.0 Å². The van der Waals surface area contributed by atoms with E-state index in [1.54, 1.807) is 36.4 Å². The van der Waals surface area contributed by atoms with Crippen molar-refractivity contribution in [1.82, 2.24) is 0 Å². The number of nitrogens with zero attached hydrogens (tertiary/aromatic N) is 1. The molecule has 1 saturated heterocycles. The lowest BCUT2D eigenvalue weighted by Crippen LogP contribution is -2.18. The summed E-state index contributed by atoms with van der Waals surface area (Å²) in [6.07, 6.45) is 2.38. The molecule has 0 aliphatic carbocycles. The zero-order chi connectivity index (χ0) is 16.3. The van der Waals surface area contributed by atoms with Crippen LogP contribution in [0.25, 0.3) is 0 Å². The van der Waals surface area contributed by atoms with E-state index in [4.69, 9.17) is 4.74 Å². The van der Waals surface area contributed by atoms with Gasteiger partial charge in [0.2, 0.25) is 0 Å². The van der Waals surface area contributed by atoms with Crippen LogP contribution in [0.1, 0.15) is 12.8 Å². The van der Waals surface area contributed by atoms with Gasteiger partial charge in [0.25, 0.3) is 10.0 Å². The Morgan fingerprint density at radius 2 is 1.65 bits per heavy atom. The Morgan fingerprint density at radius 1 is 1.00 bits per heavy atom. The molecule has 1 fully saturated rings. The number of rotatable bonds is 5. The Morgan fingerprint density at radius 3 is 2.30 bits per heavy atom. The molecule has 3 rings (SSSR count). The molecule has 0 bridgehead atoms. The largest absolute Gasteiger partial charge is 0.495 e. The van der Waals surface area contributed by atoms with Crippen LogP contribution in [0.2, 0.25) is 0 Å². The summed E-state index contributed by atoms with van der Waals surface area (Å²) in [5.74, 6) is 0.491. The molecule has 2 aromatic rings. The summed E-state index contributed by atoms with van der Waals surface area (Å²) < 4.78 is 32.8. The van der Waals surface area contributed by atoms with Crippen molar-refractivity contribution in [2.45, 2.75) is 17.7 Å². The molecule has 1 aliphatic rings. The number of ether oxygens (including phenoxy) is 1. The number of benzene rings is 2.